The minimum atomic E-state index is -1.29. The van der Waals surface area contributed by atoms with Crippen LogP contribution in [0.2, 0.25) is 0 Å². The second-order valence-electron chi connectivity index (χ2n) is 12.6. The van der Waals surface area contributed by atoms with Crippen LogP contribution in [0.3, 0.4) is 0 Å². The number of ether oxygens (including phenoxy) is 1. The van der Waals surface area contributed by atoms with E-state index in [4.69, 9.17) is 10.5 Å². The molecule has 1 fully saturated rings. The van der Waals surface area contributed by atoms with E-state index in [9.17, 15) is 19.2 Å². The van der Waals surface area contributed by atoms with Crippen LogP contribution < -0.4 is 16.4 Å². The third-order valence-electron chi connectivity index (χ3n) is 7.12. The lowest BCUT2D eigenvalue weighted by molar-refractivity contribution is -0.146. The van der Waals surface area contributed by atoms with E-state index in [1.165, 1.54) is 0 Å². The number of hydrogen-bond acceptors (Lipinski definition) is 5. The lowest BCUT2D eigenvalue weighted by Crippen LogP contribution is -2.57. The molecule has 3 atom stereocenters. The third kappa shape index (κ3) is 10.8. The van der Waals surface area contributed by atoms with Gasteiger partial charge in [-0.05, 0) is 71.8 Å². The molecule has 0 aromatic heterocycles. The Morgan fingerprint density at radius 2 is 1.70 bits per heavy atom. The highest BCUT2D eigenvalue weighted by atomic mass is 16.6. The molecule has 3 unspecified atom stereocenters. The monoisotopic (exact) mass is 558 g/mol. The fraction of sp³-hybridized carbons (Fsp3) is 0.677. The molecule has 40 heavy (non-hydrogen) atoms. The van der Waals surface area contributed by atoms with Crippen LogP contribution in [0, 0.1) is 12.8 Å². The van der Waals surface area contributed by atoms with Gasteiger partial charge in [0.25, 0.3) is 0 Å². The maximum absolute atomic E-state index is 14.3. The average Bonchev–Trinajstić information content (AvgIpc) is 2.84. The molecule has 9 heteroatoms. The second-order valence-corrected chi connectivity index (χ2v) is 12.6. The molecule has 9 nitrogen and oxygen atoms in total. The van der Waals surface area contributed by atoms with Gasteiger partial charge in [-0.3, -0.25) is 14.4 Å². The molecule has 1 aromatic carbocycles. The Labute approximate surface area is 240 Å². The summed E-state index contributed by atoms with van der Waals surface area (Å²) in [7, 11) is 0. The van der Waals surface area contributed by atoms with Crippen molar-refractivity contribution in [2.24, 2.45) is 11.7 Å². The third-order valence-corrected chi connectivity index (χ3v) is 7.12. The molecular weight excluding hydrogens is 508 g/mol. The molecule has 0 radical (unpaired) electrons. The smallest absolute Gasteiger partial charge is 0.408 e. The highest BCUT2D eigenvalue weighted by molar-refractivity contribution is 5.94. The largest absolute Gasteiger partial charge is 0.444 e. The summed E-state index contributed by atoms with van der Waals surface area (Å²) in [5.41, 5.74) is 6.34. The highest BCUT2D eigenvalue weighted by Crippen LogP contribution is 2.29. The molecule has 1 aliphatic rings. The Morgan fingerprint density at radius 3 is 2.25 bits per heavy atom. The molecule has 0 aliphatic heterocycles. The van der Waals surface area contributed by atoms with Crippen molar-refractivity contribution in [2.75, 3.05) is 0 Å². The zero-order chi connectivity index (χ0) is 30.0. The Hall–Kier alpha value is -3.10. The van der Waals surface area contributed by atoms with Gasteiger partial charge in [-0.2, -0.15) is 0 Å². The number of benzene rings is 1. The van der Waals surface area contributed by atoms with Gasteiger partial charge in [0.15, 0.2) is 0 Å². The fourth-order valence-corrected chi connectivity index (χ4v) is 5.15. The molecule has 4 N–H and O–H groups in total. The van der Waals surface area contributed by atoms with Crippen LogP contribution in [0.4, 0.5) is 4.79 Å². The number of aryl methyl sites for hydroxylation is 1. The summed E-state index contributed by atoms with van der Waals surface area (Å²) in [6.07, 6.45) is 5.25. The topological polar surface area (TPSA) is 131 Å². The average molecular weight is 559 g/mol. The summed E-state index contributed by atoms with van der Waals surface area (Å²) >= 11 is 0. The van der Waals surface area contributed by atoms with E-state index >= 15 is 0 Å². The van der Waals surface area contributed by atoms with Crippen molar-refractivity contribution in [1.29, 1.82) is 0 Å². The number of amides is 4. The molecule has 1 aromatic rings. The van der Waals surface area contributed by atoms with Gasteiger partial charge in [-0.15, -0.1) is 0 Å². The fourth-order valence-electron chi connectivity index (χ4n) is 5.15. The van der Waals surface area contributed by atoms with Gasteiger partial charge in [-0.25, -0.2) is 4.79 Å². The van der Waals surface area contributed by atoms with Gasteiger partial charge in [0, 0.05) is 12.1 Å². The second kappa shape index (κ2) is 15.1. The summed E-state index contributed by atoms with van der Waals surface area (Å²) in [6.45, 7) is 13.2. The predicted octanol–water partition coefficient (Wildman–Crippen LogP) is 4.91. The Balaban J connectivity index is 2.56. The van der Waals surface area contributed by atoms with Gasteiger partial charge in [-0.1, -0.05) is 62.9 Å². The van der Waals surface area contributed by atoms with Crippen LogP contribution in [0.5, 0.6) is 0 Å². The van der Waals surface area contributed by atoms with E-state index in [1.54, 1.807) is 25.7 Å². The van der Waals surface area contributed by atoms with Gasteiger partial charge in [0.05, 0.1) is 6.42 Å². The van der Waals surface area contributed by atoms with E-state index in [1.807, 2.05) is 38.1 Å². The zero-order valence-electron chi connectivity index (χ0n) is 25.4. The lowest BCUT2D eigenvalue weighted by atomic mass is 9.93. The highest BCUT2D eigenvalue weighted by Gasteiger charge is 2.40. The van der Waals surface area contributed by atoms with Crippen LogP contribution in [0.25, 0.3) is 0 Å². The van der Waals surface area contributed by atoms with Crippen LogP contribution >= 0.6 is 0 Å². The Kier molecular flexibility index (Phi) is 12.5. The van der Waals surface area contributed by atoms with Crippen molar-refractivity contribution in [1.82, 2.24) is 15.5 Å². The van der Waals surface area contributed by atoms with Crippen molar-refractivity contribution in [3.63, 3.8) is 0 Å². The number of primary amides is 1. The van der Waals surface area contributed by atoms with Crippen LogP contribution in [0.15, 0.2) is 24.3 Å². The molecule has 0 spiro atoms. The van der Waals surface area contributed by atoms with Crippen molar-refractivity contribution in [3.05, 3.63) is 35.4 Å². The number of hydrogen-bond donors (Lipinski definition) is 3. The first-order chi connectivity index (χ1) is 18.7. The normalized spacial score (nSPS) is 16.5. The van der Waals surface area contributed by atoms with Crippen LogP contribution in [0.1, 0.15) is 110 Å². The number of nitrogens with zero attached hydrogens (tertiary/aromatic N) is 1. The summed E-state index contributed by atoms with van der Waals surface area (Å²) in [5, 5.41) is 5.77. The first-order valence-corrected chi connectivity index (χ1v) is 14.6. The molecule has 0 heterocycles. The van der Waals surface area contributed by atoms with Crippen molar-refractivity contribution in [2.45, 2.75) is 130 Å². The minimum Gasteiger partial charge on any atom is -0.444 e. The number of nitrogens with two attached hydrogens (primary N) is 1. The van der Waals surface area contributed by atoms with Crippen molar-refractivity contribution >= 4 is 23.8 Å². The van der Waals surface area contributed by atoms with Crippen LogP contribution in [-0.2, 0) is 19.1 Å². The van der Waals surface area contributed by atoms with Gasteiger partial charge in [0.1, 0.15) is 17.7 Å². The SMILES string of the molecule is Cc1cccc(C(C(=O)NC2CCCCC2)N(C(=O)C(CC(N)=O)NC(=O)OC(C)(C)C)C(C)CCC(C)C)c1. The van der Waals surface area contributed by atoms with Crippen LogP contribution in [-0.4, -0.2) is 52.4 Å². The summed E-state index contributed by atoms with van der Waals surface area (Å²) in [5.74, 6) is -1.18. The van der Waals surface area contributed by atoms with Crippen molar-refractivity contribution in [3.8, 4) is 0 Å². The minimum absolute atomic E-state index is 0.0396. The maximum atomic E-state index is 14.3. The quantitative estimate of drug-likeness (QED) is 0.336. The summed E-state index contributed by atoms with van der Waals surface area (Å²) < 4.78 is 5.38. The number of carbonyl (C=O) groups is 4. The van der Waals surface area contributed by atoms with Crippen molar-refractivity contribution < 1.29 is 23.9 Å². The number of alkyl carbamates (subject to hydrolysis) is 1. The Bertz CT molecular complexity index is 1010. The number of carbonyl (C=O) groups excluding carboxylic acids is 4. The number of rotatable bonds is 12. The molecule has 224 valence electrons. The maximum Gasteiger partial charge on any atom is 0.408 e. The van der Waals surface area contributed by atoms with E-state index < -0.39 is 42.0 Å². The Morgan fingerprint density at radius 1 is 1.05 bits per heavy atom. The standard InChI is InChI=1S/C31H50N4O5/c1-20(2)16-17-22(4)35(29(38)25(19-26(32)36)34-30(39)40-31(5,6)7)27(23-13-11-12-21(3)18-23)28(37)33-24-14-9-8-10-15-24/h11-13,18,20,22,24-25,27H,8-10,14-17,19H2,1-7H3,(H2,32,36)(H,33,37)(H,34,39). The summed E-state index contributed by atoms with van der Waals surface area (Å²) in [4.78, 5) is 54.7. The molecule has 1 aliphatic carbocycles. The van der Waals surface area contributed by atoms with Gasteiger partial charge in [0.2, 0.25) is 17.7 Å². The number of nitrogens with one attached hydrogen (secondary N) is 2. The molecule has 2 rings (SSSR count). The first kappa shape index (κ1) is 33.1. The van der Waals surface area contributed by atoms with Gasteiger partial charge < -0.3 is 26.0 Å². The molecule has 0 saturated heterocycles. The molecule has 4 amide bonds. The predicted molar refractivity (Wildman–Crippen MR) is 156 cm³/mol. The van der Waals surface area contributed by atoms with E-state index in [-0.39, 0.29) is 18.0 Å². The lowest BCUT2D eigenvalue weighted by Gasteiger charge is -2.39. The zero-order valence-corrected chi connectivity index (χ0v) is 25.4. The van der Waals surface area contributed by atoms with E-state index in [2.05, 4.69) is 24.5 Å². The van der Waals surface area contributed by atoms with Gasteiger partial charge >= 0.3 is 6.09 Å². The summed E-state index contributed by atoms with van der Waals surface area (Å²) in [6, 6.07) is 4.99. The molecule has 0 bridgehead atoms. The first-order valence-electron chi connectivity index (χ1n) is 14.6. The van der Waals surface area contributed by atoms with E-state index in [0.29, 0.717) is 17.9 Å². The molecule has 1 saturated carbocycles. The van der Waals surface area contributed by atoms with E-state index in [0.717, 1.165) is 44.1 Å². The molecular formula is C31H50N4O5.